The lowest BCUT2D eigenvalue weighted by atomic mass is 9.92. The van der Waals surface area contributed by atoms with E-state index >= 15 is 0 Å². The van der Waals surface area contributed by atoms with E-state index in [1.54, 1.807) is 7.11 Å². The third-order valence-corrected chi connectivity index (χ3v) is 3.82. The SMILES string of the molecule is CCC(CC)N(CCOC)C(=O)C1CC=CCC1. The van der Waals surface area contributed by atoms with Gasteiger partial charge in [-0.15, -0.1) is 0 Å². The summed E-state index contributed by atoms with van der Waals surface area (Å²) >= 11 is 0. The van der Waals surface area contributed by atoms with E-state index in [9.17, 15) is 4.79 Å². The summed E-state index contributed by atoms with van der Waals surface area (Å²) in [6.45, 7) is 5.66. The fourth-order valence-electron chi connectivity index (χ4n) is 2.64. The van der Waals surface area contributed by atoms with Crippen molar-refractivity contribution in [3.63, 3.8) is 0 Å². The van der Waals surface area contributed by atoms with Gasteiger partial charge in [-0.1, -0.05) is 26.0 Å². The first-order valence-electron chi connectivity index (χ1n) is 7.18. The first kappa shape index (κ1) is 15.2. The minimum absolute atomic E-state index is 0.187. The Morgan fingerprint density at radius 3 is 2.61 bits per heavy atom. The summed E-state index contributed by atoms with van der Waals surface area (Å²) in [5, 5.41) is 0. The zero-order valence-electron chi connectivity index (χ0n) is 12.0. The quantitative estimate of drug-likeness (QED) is 0.653. The standard InChI is InChI=1S/C15H27NO2/c1-4-14(5-2)16(11-12-18-3)15(17)13-9-7-6-8-10-13/h6-7,13-14H,4-5,8-12H2,1-3H3. The summed E-state index contributed by atoms with van der Waals surface area (Å²) in [4.78, 5) is 14.6. The summed E-state index contributed by atoms with van der Waals surface area (Å²) in [5.74, 6) is 0.512. The third kappa shape index (κ3) is 4.13. The van der Waals surface area contributed by atoms with E-state index < -0.39 is 0 Å². The molecule has 1 amide bonds. The van der Waals surface area contributed by atoms with Crippen LogP contribution in [0.5, 0.6) is 0 Å². The Morgan fingerprint density at radius 2 is 2.11 bits per heavy atom. The number of carbonyl (C=O) groups is 1. The fraction of sp³-hybridized carbons (Fsp3) is 0.800. The van der Waals surface area contributed by atoms with Gasteiger partial charge in [0.05, 0.1) is 6.61 Å². The summed E-state index contributed by atoms with van der Waals surface area (Å²) in [7, 11) is 1.69. The number of nitrogens with zero attached hydrogens (tertiary/aromatic N) is 1. The Bertz CT molecular complexity index is 272. The van der Waals surface area contributed by atoms with Crippen LogP contribution in [0.3, 0.4) is 0 Å². The summed E-state index contributed by atoms with van der Waals surface area (Å²) in [6, 6.07) is 0.360. The highest BCUT2D eigenvalue weighted by molar-refractivity contribution is 5.79. The maximum absolute atomic E-state index is 12.6. The number of allylic oxidation sites excluding steroid dienone is 2. The number of hydrogen-bond donors (Lipinski definition) is 0. The van der Waals surface area contributed by atoms with Crippen LogP contribution in [0.15, 0.2) is 12.2 Å². The topological polar surface area (TPSA) is 29.5 Å². The maximum atomic E-state index is 12.6. The van der Waals surface area contributed by atoms with Crippen molar-refractivity contribution in [3.05, 3.63) is 12.2 Å². The van der Waals surface area contributed by atoms with Gasteiger partial charge in [-0.25, -0.2) is 0 Å². The van der Waals surface area contributed by atoms with E-state index in [4.69, 9.17) is 4.74 Å². The molecule has 0 radical (unpaired) electrons. The Morgan fingerprint density at radius 1 is 1.39 bits per heavy atom. The van der Waals surface area contributed by atoms with Crippen molar-refractivity contribution >= 4 is 5.91 Å². The molecular formula is C15H27NO2. The van der Waals surface area contributed by atoms with E-state index in [2.05, 4.69) is 26.0 Å². The summed E-state index contributed by atoms with van der Waals surface area (Å²) in [5.41, 5.74) is 0. The monoisotopic (exact) mass is 253 g/mol. The number of amides is 1. The van der Waals surface area contributed by atoms with Crippen LogP contribution in [0.2, 0.25) is 0 Å². The molecule has 0 aliphatic heterocycles. The van der Waals surface area contributed by atoms with Crippen molar-refractivity contribution in [2.75, 3.05) is 20.3 Å². The second-order valence-corrected chi connectivity index (χ2v) is 4.98. The minimum atomic E-state index is 0.187. The van der Waals surface area contributed by atoms with Crippen molar-refractivity contribution in [2.45, 2.75) is 52.0 Å². The molecule has 18 heavy (non-hydrogen) atoms. The van der Waals surface area contributed by atoms with Crippen LogP contribution >= 0.6 is 0 Å². The van der Waals surface area contributed by atoms with Gasteiger partial charge in [-0.3, -0.25) is 4.79 Å². The van der Waals surface area contributed by atoms with Gasteiger partial charge in [0.25, 0.3) is 0 Å². The predicted octanol–water partition coefficient (Wildman–Crippen LogP) is 3.01. The molecule has 1 aliphatic rings. The average Bonchev–Trinajstić information content (AvgIpc) is 2.43. The molecule has 0 fully saturated rings. The zero-order valence-corrected chi connectivity index (χ0v) is 12.0. The van der Waals surface area contributed by atoms with Crippen molar-refractivity contribution in [3.8, 4) is 0 Å². The smallest absolute Gasteiger partial charge is 0.226 e. The Hall–Kier alpha value is -0.830. The number of methoxy groups -OCH3 is 1. The molecule has 0 aromatic carbocycles. The van der Waals surface area contributed by atoms with E-state index in [1.807, 2.05) is 4.90 Å². The molecular weight excluding hydrogens is 226 g/mol. The van der Waals surface area contributed by atoms with Gasteiger partial charge in [-0.05, 0) is 32.1 Å². The molecule has 1 aliphatic carbocycles. The molecule has 0 aromatic rings. The summed E-state index contributed by atoms with van der Waals surface area (Å²) < 4.78 is 5.14. The van der Waals surface area contributed by atoms with Crippen molar-refractivity contribution in [1.82, 2.24) is 4.90 Å². The van der Waals surface area contributed by atoms with E-state index in [-0.39, 0.29) is 5.92 Å². The molecule has 0 heterocycles. The number of hydrogen-bond acceptors (Lipinski definition) is 2. The number of carbonyl (C=O) groups excluding carboxylic acids is 1. The zero-order chi connectivity index (χ0) is 13.4. The first-order valence-corrected chi connectivity index (χ1v) is 7.18. The molecule has 104 valence electrons. The van der Waals surface area contributed by atoms with Gasteiger partial charge in [0.2, 0.25) is 5.91 Å². The van der Waals surface area contributed by atoms with Crippen LogP contribution in [-0.4, -0.2) is 37.1 Å². The molecule has 1 unspecified atom stereocenters. The van der Waals surface area contributed by atoms with Crippen LogP contribution in [0.1, 0.15) is 46.0 Å². The molecule has 3 heteroatoms. The molecule has 3 nitrogen and oxygen atoms in total. The lowest BCUT2D eigenvalue weighted by Gasteiger charge is -2.34. The van der Waals surface area contributed by atoms with E-state index in [1.165, 1.54) is 0 Å². The lowest BCUT2D eigenvalue weighted by molar-refractivity contribution is -0.139. The number of rotatable bonds is 7. The molecule has 0 N–H and O–H groups in total. The van der Waals surface area contributed by atoms with Crippen LogP contribution in [-0.2, 0) is 9.53 Å². The highest BCUT2D eigenvalue weighted by atomic mass is 16.5. The molecule has 0 saturated carbocycles. The second kappa shape index (κ2) is 8.30. The Labute approximate surface area is 111 Å². The average molecular weight is 253 g/mol. The van der Waals surface area contributed by atoms with Gasteiger partial charge < -0.3 is 9.64 Å². The summed E-state index contributed by atoms with van der Waals surface area (Å²) in [6.07, 6.45) is 9.32. The van der Waals surface area contributed by atoms with Crippen LogP contribution < -0.4 is 0 Å². The van der Waals surface area contributed by atoms with Gasteiger partial charge in [0, 0.05) is 25.6 Å². The highest BCUT2D eigenvalue weighted by Crippen LogP contribution is 2.22. The third-order valence-electron chi connectivity index (χ3n) is 3.82. The molecule has 1 atom stereocenters. The molecule has 0 bridgehead atoms. The minimum Gasteiger partial charge on any atom is -0.383 e. The van der Waals surface area contributed by atoms with E-state index in [0.717, 1.165) is 38.6 Å². The predicted molar refractivity (Wildman–Crippen MR) is 74.4 cm³/mol. The van der Waals surface area contributed by atoms with Crippen LogP contribution in [0, 0.1) is 5.92 Å². The normalized spacial score (nSPS) is 19.2. The molecule has 1 rings (SSSR count). The van der Waals surface area contributed by atoms with Gasteiger partial charge in [-0.2, -0.15) is 0 Å². The Kier molecular flexibility index (Phi) is 7.02. The largest absolute Gasteiger partial charge is 0.383 e. The fourth-order valence-corrected chi connectivity index (χ4v) is 2.64. The van der Waals surface area contributed by atoms with Crippen molar-refractivity contribution in [1.29, 1.82) is 0 Å². The number of ether oxygens (including phenoxy) is 1. The van der Waals surface area contributed by atoms with Gasteiger partial charge >= 0.3 is 0 Å². The van der Waals surface area contributed by atoms with Crippen LogP contribution in [0.25, 0.3) is 0 Å². The van der Waals surface area contributed by atoms with Crippen molar-refractivity contribution < 1.29 is 9.53 Å². The highest BCUT2D eigenvalue weighted by Gasteiger charge is 2.27. The lowest BCUT2D eigenvalue weighted by Crippen LogP contribution is -2.45. The van der Waals surface area contributed by atoms with Gasteiger partial charge in [0.1, 0.15) is 0 Å². The Balaban J connectivity index is 2.67. The first-order chi connectivity index (χ1) is 8.74. The maximum Gasteiger partial charge on any atom is 0.226 e. The van der Waals surface area contributed by atoms with E-state index in [0.29, 0.717) is 18.6 Å². The molecule has 0 spiro atoms. The van der Waals surface area contributed by atoms with Crippen molar-refractivity contribution in [2.24, 2.45) is 5.92 Å². The molecule has 0 saturated heterocycles. The second-order valence-electron chi connectivity index (χ2n) is 4.98. The van der Waals surface area contributed by atoms with Crippen LogP contribution in [0.4, 0.5) is 0 Å². The molecule has 0 aromatic heterocycles. The van der Waals surface area contributed by atoms with Gasteiger partial charge in [0.15, 0.2) is 0 Å².